The van der Waals surface area contributed by atoms with Crippen LogP contribution < -0.4 is 4.74 Å². The molecule has 2 aromatic carbocycles. The number of halogens is 1. The summed E-state index contributed by atoms with van der Waals surface area (Å²) in [5, 5.41) is 0.773. The molecule has 0 aliphatic rings. The third-order valence-electron chi connectivity index (χ3n) is 4.65. The van der Waals surface area contributed by atoms with E-state index < -0.39 is 0 Å². The number of aromatic nitrogens is 1. The maximum atomic E-state index is 5.95. The van der Waals surface area contributed by atoms with Crippen molar-refractivity contribution >= 4 is 44.9 Å². The second-order valence-corrected chi connectivity index (χ2v) is 9.30. The number of ether oxygens (including phenoxy) is 1. The largest absolute Gasteiger partial charge is 0.494 e. The number of nitrogens with zero attached hydrogens (tertiary/aromatic N) is 2. The van der Waals surface area contributed by atoms with Gasteiger partial charge in [-0.05, 0) is 68.4 Å². The second kappa shape index (κ2) is 11.1. The summed E-state index contributed by atoms with van der Waals surface area (Å²) in [5.74, 6) is 1.83. The molecule has 0 saturated heterocycles. The lowest BCUT2D eigenvalue weighted by atomic mass is 10.2. The summed E-state index contributed by atoms with van der Waals surface area (Å²) in [5.41, 5.74) is 2.29. The fraction of sp³-hybridized carbons (Fsp3) is 0.409. The van der Waals surface area contributed by atoms with Gasteiger partial charge in [-0.3, -0.25) is 0 Å². The molecule has 0 spiro atoms. The molecule has 0 amide bonds. The predicted molar refractivity (Wildman–Crippen MR) is 123 cm³/mol. The maximum Gasteiger partial charge on any atom is 0.151 e. The van der Waals surface area contributed by atoms with Crippen LogP contribution >= 0.6 is 34.7 Å². The zero-order valence-electron chi connectivity index (χ0n) is 16.5. The van der Waals surface area contributed by atoms with E-state index in [1.807, 2.05) is 18.2 Å². The van der Waals surface area contributed by atoms with Gasteiger partial charge in [-0.15, -0.1) is 11.3 Å². The van der Waals surface area contributed by atoms with Gasteiger partial charge in [0.1, 0.15) is 5.75 Å². The molecule has 6 heteroatoms. The summed E-state index contributed by atoms with van der Waals surface area (Å²) in [6, 6.07) is 14.2. The lowest BCUT2D eigenvalue weighted by Gasteiger charge is -2.17. The lowest BCUT2D eigenvalue weighted by molar-refractivity contribution is 0.266. The topological polar surface area (TPSA) is 25.4 Å². The SMILES string of the molecule is CCN(CC)CCCCOc1ccc2nc(SCc3ccc(Cl)cc3)sc2c1. The van der Waals surface area contributed by atoms with Gasteiger partial charge in [0.2, 0.25) is 0 Å². The van der Waals surface area contributed by atoms with Gasteiger partial charge in [0, 0.05) is 10.8 Å². The van der Waals surface area contributed by atoms with E-state index in [1.54, 1.807) is 23.1 Å². The number of thioether (sulfide) groups is 1. The molecular formula is C22H27ClN2OS2. The Morgan fingerprint density at radius 2 is 1.86 bits per heavy atom. The lowest BCUT2D eigenvalue weighted by Crippen LogP contribution is -2.24. The van der Waals surface area contributed by atoms with E-state index in [0.717, 1.165) is 59.0 Å². The minimum atomic E-state index is 0.768. The van der Waals surface area contributed by atoms with Crippen molar-refractivity contribution < 1.29 is 4.74 Å². The molecule has 0 aliphatic heterocycles. The van der Waals surface area contributed by atoms with Gasteiger partial charge in [0.05, 0.1) is 16.8 Å². The molecule has 28 heavy (non-hydrogen) atoms. The van der Waals surface area contributed by atoms with Crippen molar-refractivity contribution in [3.8, 4) is 5.75 Å². The Labute approximate surface area is 181 Å². The highest BCUT2D eigenvalue weighted by molar-refractivity contribution is 8.00. The number of benzene rings is 2. The van der Waals surface area contributed by atoms with Crippen LogP contribution in [0.25, 0.3) is 10.2 Å². The normalized spacial score (nSPS) is 11.4. The van der Waals surface area contributed by atoms with Crippen LogP contribution in [0.1, 0.15) is 32.3 Å². The van der Waals surface area contributed by atoms with Crippen LogP contribution in [0.15, 0.2) is 46.8 Å². The first-order valence-electron chi connectivity index (χ1n) is 9.81. The van der Waals surface area contributed by atoms with Gasteiger partial charge in [-0.2, -0.15) is 0 Å². The molecule has 0 atom stereocenters. The van der Waals surface area contributed by atoms with Gasteiger partial charge in [-0.1, -0.05) is 49.3 Å². The van der Waals surface area contributed by atoms with E-state index in [-0.39, 0.29) is 0 Å². The minimum Gasteiger partial charge on any atom is -0.494 e. The highest BCUT2D eigenvalue weighted by Gasteiger charge is 2.07. The average molecular weight is 435 g/mol. The molecule has 0 saturated carbocycles. The van der Waals surface area contributed by atoms with Gasteiger partial charge >= 0.3 is 0 Å². The third-order valence-corrected chi connectivity index (χ3v) is 7.13. The number of rotatable bonds is 11. The third kappa shape index (κ3) is 6.38. The molecule has 3 aromatic rings. The van der Waals surface area contributed by atoms with Crippen molar-refractivity contribution in [1.82, 2.24) is 9.88 Å². The van der Waals surface area contributed by atoms with Crippen molar-refractivity contribution in [2.24, 2.45) is 0 Å². The summed E-state index contributed by atoms with van der Waals surface area (Å²) in [7, 11) is 0. The molecule has 150 valence electrons. The number of thiazole rings is 1. The Morgan fingerprint density at radius 1 is 1.07 bits per heavy atom. The first-order chi connectivity index (χ1) is 13.7. The molecule has 3 nitrogen and oxygen atoms in total. The van der Waals surface area contributed by atoms with Crippen molar-refractivity contribution in [2.45, 2.75) is 36.8 Å². The fourth-order valence-electron chi connectivity index (χ4n) is 2.93. The summed E-state index contributed by atoms with van der Waals surface area (Å²) in [4.78, 5) is 7.18. The fourth-order valence-corrected chi connectivity index (χ4v) is 5.11. The summed E-state index contributed by atoms with van der Waals surface area (Å²) in [6.45, 7) is 8.59. The number of hydrogen-bond donors (Lipinski definition) is 0. The van der Waals surface area contributed by atoms with Crippen LogP contribution in [-0.2, 0) is 5.75 Å². The zero-order chi connectivity index (χ0) is 19.8. The van der Waals surface area contributed by atoms with E-state index in [9.17, 15) is 0 Å². The molecule has 0 aliphatic carbocycles. The van der Waals surface area contributed by atoms with Crippen molar-refractivity contribution in [3.05, 3.63) is 53.1 Å². The molecule has 0 bridgehead atoms. The molecule has 0 fully saturated rings. The first kappa shape index (κ1) is 21.4. The smallest absolute Gasteiger partial charge is 0.151 e. The van der Waals surface area contributed by atoms with Crippen LogP contribution in [0.2, 0.25) is 5.02 Å². The summed E-state index contributed by atoms with van der Waals surface area (Å²) < 4.78 is 8.22. The average Bonchev–Trinajstić information content (AvgIpc) is 3.12. The molecule has 0 unspecified atom stereocenters. The standard InChI is InChI=1S/C22H27ClN2OS2/c1-3-25(4-2)13-5-6-14-26-19-11-12-20-21(15-19)28-22(24-20)27-16-17-7-9-18(23)10-8-17/h7-12,15H,3-6,13-14,16H2,1-2H3. The second-order valence-electron chi connectivity index (χ2n) is 6.61. The monoisotopic (exact) mass is 434 g/mol. The molecule has 1 aromatic heterocycles. The number of fused-ring (bicyclic) bond motifs is 1. The molecule has 0 N–H and O–H groups in total. The highest BCUT2D eigenvalue weighted by atomic mass is 35.5. The van der Waals surface area contributed by atoms with Crippen LogP contribution in [0.3, 0.4) is 0 Å². The molecular weight excluding hydrogens is 408 g/mol. The van der Waals surface area contributed by atoms with Gasteiger partial charge < -0.3 is 9.64 Å². The maximum absolute atomic E-state index is 5.95. The van der Waals surface area contributed by atoms with Crippen LogP contribution in [0.5, 0.6) is 5.75 Å². The van der Waals surface area contributed by atoms with Crippen LogP contribution in [0.4, 0.5) is 0 Å². The Balaban J connectivity index is 1.49. The zero-order valence-corrected chi connectivity index (χ0v) is 18.9. The van der Waals surface area contributed by atoms with Gasteiger partial charge in [-0.25, -0.2) is 4.98 Å². The van der Waals surface area contributed by atoms with Crippen molar-refractivity contribution in [2.75, 3.05) is 26.2 Å². The molecule has 0 radical (unpaired) electrons. The van der Waals surface area contributed by atoms with Crippen LogP contribution in [-0.4, -0.2) is 36.1 Å². The molecule has 1 heterocycles. The summed E-state index contributed by atoms with van der Waals surface area (Å²) in [6.07, 6.45) is 2.26. The number of hydrogen-bond acceptors (Lipinski definition) is 5. The Hall–Kier alpha value is -1.27. The first-order valence-corrected chi connectivity index (χ1v) is 12.0. The van der Waals surface area contributed by atoms with E-state index in [2.05, 4.69) is 43.0 Å². The van der Waals surface area contributed by atoms with Crippen molar-refractivity contribution in [3.63, 3.8) is 0 Å². The van der Waals surface area contributed by atoms with E-state index >= 15 is 0 Å². The van der Waals surface area contributed by atoms with E-state index in [1.165, 1.54) is 16.7 Å². The molecule has 3 rings (SSSR count). The Kier molecular flexibility index (Phi) is 8.46. The van der Waals surface area contributed by atoms with Crippen molar-refractivity contribution in [1.29, 1.82) is 0 Å². The van der Waals surface area contributed by atoms with E-state index in [0.29, 0.717) is 0 Å². The quantitative estimate of drug-likeness (QED) is 0.246. The number of unbranched alkanes of at least 4 members (excludes halogenated alkanes) is 1. The summed E-state index contributed by atoms with van der Waals surface area (Å²) >= 11 is 9.43. The van der Waals surface area contributed by atoms with Gasteiger partial charge in [0.25, 0.3) is 0 Å². The highest BCUT2D eigenvalue weighted by Crippen LogP contribution is 2.33. The van der Waals surface area contributed by atoms with E-state index in [4.69, 9.17) is 21.3 Å². The Morgan fingerprint density at radius 3 is 2.61 bits per heavy atom. The van der Waals surface area contributed by atoms with Crippen LogP contribution in [0, 0.1) is 0 Å². The van der Waals surface area contributed by atoms with Gasteiger partial charge in [0.15, 0.2) is 4.34 Å². The Bertz CT molecular complexity index is 863. The minimum absolute atomic E-state index is 0.768. The predicted octanol–water partition coefficient (Wildman–Crippen LogP) is 6.74.